The van der Waals surface area contributed by atoms with E-state index < -0.39 is 0 Å². The Morgan fingerprint density at radius 2 is 2.03 bits per heavy atom. The first-order chi connectivity index (χ1) is 14.7. The summed E-state index contributed by atoms with van der Waals surface area (Å²) in [5, 5.41) is 3.04. The molecule has 0 bridgehead atoms. The zero-order valence-electron chi connectivity index (χ0n) is 17.2. The molecule has 0 spiro atoms. The molecule has 1 aromatic carbocycles. The normalized spacial score (nSPS) is 16.4. The van der Waals surface area contributed by atoms with Crippen LogP contribution in [0.2, 0.25) is 0 Å². The van der Waals surface area contributed by atoms with Crippen LogP contribution in [0, 0.1) is 6.92 Å². The van der Waals surface area contributed by atoms with Crippen molar-refractivity contribution >= 4 is 6.03 Å². The number of hydrogen-bond donors (Lipinski definition) is 1. The van der Waals surface area contributed by atoms with E-state index in [0.717, 1.165) is 30.0 Å². The summed E-state index contributed by atoms with van der Waals surface area (Å²) < 4.78 is 7.81. The Hall–Kier alpha value is -3.19. The summed E-state index contributed by atoms with van der Waals surface area (Å²) in [6.45, 7) is 4.12. The molecule has 3 aromatic rings. The number of hydrogen-bond acceptors (Lipinski definition) is 4. The van der Waals surface area contributed by atoms with Gasteiger partial charge < -0.3 is 15.0 Å². The molecule has 0 radical (unpaired) electrons. The zero-order valence-corrected chi connectivity index (χ0v) is 17.2. The van der Waals surface area contributed by atoms with E-state index in [-0.39, 0.29) is 12.1 Å². The highest BCUT2D eigenvalue weighted by Crippen LogP contribution is 2.15. The fourth-order valence-corrected chi connectivity index (χ4v) is 3.72. The molecule has 2 aromatic heterocycles. The van der Waals surface area contributed by atoms with E-state index in [9.17, 15) is 4.79 Å². The predicted molar refractivity (Wildman–Crippen MR) is 114 cm³/mol. The first-order valence-electron chi connectivity index (χ1n) is 10.3. The lowest BCUT2D eigenvalue weighted by atomic mass is 10.1. The average molecular weight is 406 g/mol. The van der Waals surface area contributed by atoms with Gasteiger partial charge in [-0.3, -0.25) is 4.57 Å². The lowest BCUT2D eigenvalue weighted by molar-refractivity contribution is -0.0176. The van der Waals surface area contributed by atoms with Crippen LogP contribution in [0.5, 0.6) is 0 Å². The van der Waals surface area contributed by atoms with Crippen LogP contribution in [0.15, 0.2) is 61.1 Å². The van der Waals surface area contributed by atoms with Crippen LogP contribution in [0.1, 0.15) is 23.4 Å². The number of nitrogens with one attached hydrogen (secondary N) is 1. The number of imidazole rings is 1. The molecule has 156 valence electrons. The lowest BCUT2D eigenvalue weighted by Crippen LogP contribution is -2.49. The molecule has 4 rings (SSSR count). The SMILES string of the molecule is Cc1nccn1-c1ncccc1CNC(=O)N1CCOC(CCc2ccccc2)C1. The standard InChI is InChI=1S/C23H27N5O2/c1-18-24-12-13-28(18)22-20(8-5-11-25-22)16-26-23(29)27-14-15-30-21(17-27)10-9-19-6-3-2-4-7-19/h2-8,11-13,21H,9-10,14-17H2,1H3,(H,26,29). The highest BCUT2D eigenvalue weighted by Gasteiger charge is 2.24. The van der Waals surface area contributed by atoms with E-state index in [1.807, 2.05) is 40.8 Å². The molecular formula is C23H27N5O2. The number of aromatic nitrogens is 3. The first-order valence-corrected chi connectivity index (χ1v) is 10.3. The van der Waals surface area contributed by atoms with Crippen molar-refractivity contribution in [3.05, 3.63) is 78.0 Å². The number of ether oxygens (including phenoxy) is 1. The maximum Gasteiger partial charge on any atom is 0.317 e. The molecule has 2 amide bonds. The van der Waals surface area contributed by atoms with E-state index in [2.05, 4.69) is 39.6 Å². The molecular weight excluding hydrogens is 378 g/mol. The minimum absolute atomic E-state index is 0.0623. The van der Waals surface area contributed by atoms with Gasteiger partial charge in [-0.1, -0.05) is 36.4 Å². The number of morpholine rings is 1. The van der Waals surface area contributed by atoms with Crippen molar-refractivity contribution < 1.29 is 9.53 Å². The third kappa shape index (κ3) is 4.86. The van der Waals surface area contributed by atoms with E-state index >= 15 is 0 Å². The monoisotopic (exact) mass is 405 g/mol. The molecule has 7 nitrogen and oxygen atoms in total. The van der Waals surface area contributed by atoms with Crippen LogP contribution in [-0.2, 0) is 17.7 Å². The van der Waals surface area contributed by atoms with Gasteiger partial charge in [-0.25, -0.2) is 14.8 Å². The number of pyridine rings is 1. The summed E-state index contributed by atoms with van der Waals surface area (Å²) in [4.78, 5) is 23.4. The maximum atomic E-state index is 12.8. The summed E-state index contributed by atoms with van der Waals surface area (Å²) in [6, 6.07) is 14.2. The first kappa shape index (κ1) is 20.1. The van der Waals surface area contributed by atoms with Crippen molar-refractivity contribution in [2.75, 3.05) is 19.7 Å². The smallest absolute Gasteiger partial charge is 0.317 e. The fraction of sp³-hybridized carbons (Fsp3) is 0.348. The highest BCUT2D eigenvalue weighted by atomic mass is 16.5. The number of urea groups is 1. The van der Waals surface area contributed by atoms with Gasteiger partial charge in [-0.15, -0.1) is 0 Å². The number of benzene rings is 1. The summed E-state index contributed by atoms with van der Waals surface area (Å²) in [7, 11) is 0. The Labute approximate surface area is 176 Å². The number of amides is 2. The van der Waals surface area contributed by atoms with Crippen molar-refractivity contribution in [3.8, 4) is 5.82 Å². The van der Waals surface area contributed by atoms with E-state index in [1.54, 1.807) is 12.4 Å². The van der Waals surface area contributed by atoms with Crippen LogP contribution in [-0.4, -0.2) is 51.3 Å². The minimum Gasteiger partial charge on any atom is -0.375 e. The topological polar surface area (TPSA) is 72.3 Å². The predicted octanol–water partition coefficient (Wildman–Crippen LogP) is 3.12. The second-order valence-corrected chi connectivity index (χ2v) is 7.45. The Morgan fingerprint density at radius 1 is 1.17 bits per heavy atom. The Balaban J connectivity index is 1.33. The van der Waals surface area contributed by atoms with Crippen molar-refractivity contribution in [3.63, 3.8) is 0 Å². The molecule has 1 atom stereocenters. The molecule has 0 saturated carbocycles. The van der Waals surface area contributed by atoms with E-state index in [4.69, 9.17) is 4.74 Å². The van der Waals surface area contributed by atoms with Gasteiger partial charge >= 0.3 is 6.03 Å². The number of carbonyl (C=O) groups is 1. The number of rotatable bonds is 6. The lowest BCUT2D eigenvalue weighted by Gasteiger charge is -2.33. The average Bonchev–Trinajstić information content (AvgIpc) is 3.23. The van der Waals surface area contributed by atoms with Gasteiger partial charge in [0.15, 0.2) is 0 Å². The molecule has 1 fully saturated rings. The van der Waals surface area contributed by atoms with Gasteiger partial charge in [0, 0.05) is 43.8 Å². The van der Waals surface area contributed by atoms with Gasteiger partial charge in [0.2, 0.25) is 0 Å². The van der Waals surface area contributed by atoms with Crippen LogP contribution in [0.25, 0.3) is 5.82 Å². The van der Waals surface area contributed by atoms with Gasteiger partial charge in [0.25, 0.3) is 0 Å². The van der Waals surface area contributed by atoms with Gasteiger partial charge in [0.05, 0.1) is 12.7 Å². The van der Waals surface area contributed by atoms with E-state index in [1.165, 1.54) is 5.56 Å². The molecule has 1 unspecified atom stereocenters. The summed E-state index contributed by atoms with van der Waals surface area (Å²) in [5.41, 5.74) is 2.24. The molecule has 1 aliphatic heterocycles. The molecule has 30 heavy (non-hydrogen) atoms. The Morgan fingerprint density at radius 3 is 2.83 bits per heavy atom. The third-order valence-electron chi connectivity index (χ3n) is 5.38. The van der Waals surface area contributed by atoms with Crippen molar-refractivity contribution in [1.82, 2.24) is 24.8 Å². The second-order valence-electron chi connectivity index (χ2n) is 7.45. The number of nitrogens with zero attached hydrogens (tertiary/aromatic N) is 4. The van der Waals surface area contributed by atoms with Crippen molar-refractivity contribution in [1.29, 1.82) is 0 Å². The molecule has 0 aliphatic carbocycles. The largest absolute Gasteiger partial charge is 0.375 e. The van der Waals surface area contributed by atoms with Crippen LogP contribution >= 0.6 is 0 Å². The Bertz CT molecular complexity index is 972. The molecule has 1 N–H and O–H groups in total. The van der Waals surface area contributed by atoms with Crippen LogP contribution in [0.3, 0.4) is 0 Å². The van der Waals surface area contributed by atoms with Gasteiger partial charge in [-0.05, 0) is 31.4 Å². The molecule has 1 saturated heterocycles. The molecule has 3 heterocycles. The Kier molecular flexibility index (Phi) is 6.39. The van der Waals surface area contributed by atoms with Gasteiger partial charge in [0.1, 0.15) is 11.6 Å². The third-order valence-corrected chi connectivity index (χ3v) is 5.38. The number of carbonyl (C=O) groups excluding carboxylic acids is 1. The number of aryl methyl sites for hydroxylation is 2. The van der Waals surface area contributed by atoms with Crippen molar-refractivity contribution in [2.45, 2.75) is 32.4 Å². The maximum absolute atomic E-state index is 12.8. The quantitative estimate of drug-likeness (QED) is 0.684. The van der Waals surface area contributed by atoms with Crippen LogP contribution in [0.4, 0.5) is 4.79 Å². The summed E-state index contributed by atoms with van der Waals surface area (Å²) >= 11 is 0. The minimum atomic E-state index is -0.0693. The second kappa shape index (κ2) is 9.54. The molecule has 7 heteroatoms. The highest BCUT2D eigenvalue weighted by molar-refractivity contribution is 5.74. The van der Waals surface area contributed by atoms with E-state index in [0.29, 0.717) is 26.2 Å². The molecule has 1 aliphatic rings. The summed E-state index contributed by atoms with van der Waals surface area (Å²) in [5.74, 6) is 1.64. The fourth-order valence-electron chi connectivity index (χ4n) is 3.72. The zero-order chi connectivity index (χ0) is 20.8. The van der Waals surface area contributed by atoms with Crippen molar-refractivity contribution in [2.24, 2.45) is 0 Å². The summed E-state index contributed by atoms with van der Waals surface area (Å²) in [6.07, 6.45) is 7.29. The van der Waals surface area contributed by atoms with Gasteiger partial charge in [-0.2, -0.15) is 0 Å². The van der Waals surface area contributed by atoms with Crippen LogP contribution < -0.4 is 5.32 Å².